The van der Waals surface area contributed by atoms with Crippen LogP contribution in [0, 0.1) is 11.3 Å². The van der Waals surface area contributed by atoms with Gasteiger partial charge in [0.25, 0.3) is 5.56 Å². The second-order valence-corrected chi connectivity index (χ2v) is 5.99. The first-order chi connectivity index (χ1) is 11.8. The molecule has 0 radical (unpaired) electrons. The molecule has 0 N–H and O–H groups in total. The maximum Gasteiger partial charge on any atom is 0.283 e. The first-order valence-corrected chi connectivity index (χ1v) is 8.24. The number of thioether (sulfide) groups is 1. The van der Waals surface area contributed by atoms with E-state index < -0.39 is 0 Å². The predicted octanol–water partition coefficient (Wildman–Crippen LogP) is 2.65. The first kappa shape index (κ1) is 14.5. The summed E-state index contributed by atoms with van der Waals surface area (Å²) in [5, 5.41) is 14.3. The number of aromatic nitrogens is 4. The molecule has 0 unspecified atom stereocenters. The van der Waals surface area contributed by atoms with E-state index >= 15 is 0 Å². The van der Waals surface area contributed by atoms with Crippen molar-refractivity contribution in [2.75, 3.05) is 5.75 Å². The summed E-state index contributed by atoms with van der Waals surface area (Å²) in [6.45, 7) is 0. The van der Waals surface area contributed by atoms with Crippen LogP contribution in [0.3, 0.4) is 0 Å². The van der Waals surface area contributed by atoms with Gasteiger partial charge in [-0.1, -0.05) is 42.1 Å². The third kappa shape index (κ3) is 2.25. The smallest absolute Gasteiger partial charge is 0.267 e. The minimum Gasteiger partial charge on any atom is -0.267 e. The van der Waals surface area contributed by atoms with Crippen molar-refractivity contribution >= 4 is 28.4 Å². The number of nitriles is 1. The molecule has 116 valence electrons. The van der Waals surface area contributed by atoms with Gasteiger partial charge in [0, 0.05) is 0 Å². The number of rotatable bonds is 3. The van der Waals surface area contributed by atoms with Gasteiger partial charge >= 0.3 is 0 Å². The molecule has 0 saturated carbocycles. The lowest BCUT2D eigenvalue weighted by atomic mass is 10.2. The normalized spacial score (nSPS) is 11.0. The highest BCUT2D eigenvalue weighted by molar-refractivity contribution is 7.99. The average Bonchev–Trinajstić information content (AvgIpc) is 2.99. The first-order valence-electron chi connectivity index (χ1n) is 7.25. The molecule has 6 nitrogen and oxygen atoms in total. The lowest BCUT2D eigenvalue weighted by Crippen LogP contribution is -2.16. The zero-order valence-electron chi connectivity index (χ0n) is 12.5. The van der Waals surface area contributed by atoms with Crippen molar-refractivity contribution in [3.63, 3.8) is 0 Å². The Hall–Kier alpha value is -3.11. The summed E-state index contributed by atoms with van der Waals surface area (Å²) in [7, 11) is 0. The lowest BCUT2D eigenvalue weighted by Gasteiger charge is -2.06. The molecule has 2 aromatic heterocycles. The van der Waals surface area contributed by atoms with Crippen molar-refractivity contribution in [3.05, 3.63) is 65.0 Å². The zero-order valence-corrected chi connectivity index (χ0v) is 13.3. The monoisotopic (exact) mass is 333 g/mol. The van der Waals surface area contributed by atoms with Crippen LogP contribution in [-0.2, 0) is 0 Å². The SMILES string of the molecule is N#CCSc1nn2c(=O)c3ccccc3nc2n1-c1ccccc1. The molecule has 0 aliphatic carbocycles. The van der Waals surface area contributed by atoms with Gasteiger partial charge in [0.2, 0.25) is 5.78 Å². The molecule has 7 heteroatoms. The summed E-state index contributed by atoms with van der Waals surface area (Å²) < 4.78 is 3.10. The van der Waals surface area contributed by atoms with Crippen molar-refractivity contribution in [2.24, 2.45) is 0 Å². The highest BCUT2D eigenvalue weighted by Crippen LogP contribution is 2.23. The topological polar surface area (TPSA) is 76.0 Å². The van der Waals surface area contributed by atoms with E-state index in [2.05, 4.69) is 16.2 Å². The maximum atomic E-state index is 12.7. The number of nitrogens with zero attached hydrogens (tertiary/aromatic N) is 5. The van der Waals surface area contributed by atoms with Gasteiger partial charge in [-0.05, 0) is 24.3 Å². The van der Waals surface area contributed by atoms with Gasteiger partial charge in [0.05, 0.1) is 28.4 Å². The summed E-state index contributed by atoms with van der Waals surface area (Å²) in [5.74, 6) is 0.676. The Kier molecular flexibility index (Phi) is 3.52. The zero-order chi connectivity index (χ0) is 16.5. The van der Waals surface area contributed by atoms with Crippen LogP contribution < -0.4 is 5.56 Å². The van der Waals surface area contributed by atoms with E-state index in [1.165, 1.54) is 16.3 Å². The Bertz CT molecular complexity index is 1140. The second kappa shape index (κ2) is 5.83. The molecular weight excluding hydrogens is 322 g/mol. The Morgan fingerprint density at radius 2 is 1.83 bits per heavy atom. The van der Waals surface area contributed by atoms with E-state index in [0.717, 1.165) is 5.69 Å². The minimum absolute atomic E-state index is 0.218. The lowest BCUT2D eigenvalue weighted by molar-refractivity contribution is 0.841. The standard InChI is InChI=1S/C17H11N5OS/c18-10-11-24-17-20-22-15(23)13-8-4-5-9-14(13)19-16(22)21(17)12-6-2-1-3-7-12/h1-9H,11H2. The van der Waals surface area contributed by atoms with Crippen molar-refractivity contribution < 1.29 is 0 Å². The fraction of sp³-hybridized carbons (Fsp3) is 0.0588. The van der Waals surface area contributed by atoms with E-state index in [1.807, 2.05) is 36.4 Å². The van der Waals surface area contributed by atoms with Crippen molar-refractivity contribution in [2.45, 2.75) is 5.16 Å². The number of hydrogen-bond donors (Lipinski definition) is 0. The van der Waals surface area contributed by atoms with Gasteiger partial charge in [-0.25, -0.2) is 4.98 Å². The van der Waals surface area contributed by atoms with Gasteiger partial charge in [-0.2, -0.15) is 9.78 Å². The Balaban J connectivity index is 2.11. The van der Waals surface area contributed by atoms with E-state index in [0.29, 0.717) is 21.8 Å². The van der Waals surface area contributed by atoms with Gasteiger partial charge in [-0.15, -0.1) is 5.10 Å². The van der Waals surface area contributed by atoms with Gasteiger partial charge in [0.1, 0.15) is 0 Å². The van der Waals surface area contributed by atoms with Gasteiger partial charge in [0.15, 0.2) is 5.16 Å². The number of fused-ring (bicyclic) bond motifs is 2. The van der Waals surface area contributed by atoms with Crippen molar-refractivity contribution in [3.8, 4) is 11.8 Å². The molecule has 0 aliphatic heterocycles. The van der Waals surface area contributed by atoms with Crippen LogP contribution in [-0.4, -0.2) is 24.9 Å². The van der Waals surface area contributed by atoms with Gasteiger partial charge in [-0.3, -0.25) is 9.36 Å². The molecule has 0 saturated heterocycles. The summed E-state index contributed by atoms with van der Waals surface area (Å²) in [5.41, 5.74) is 1.25. The molecule has 0 spiro atoms. The fourth-order valence-corrected chi connectivity index (χ4v) is 3.21. The highest BCUT2D eigenvalue weighted by atomic mass is 32.2. The number of para-hydroxylation sites is 2. The molecule has 0 aliphatic rings. The van der Waals surface area contributed by atoms with E-state index in [4.69, 9.17) is 5.26 Å². The molecule has 0 fully saturated rings. The molecule has 24 heavy (non-hydrogen) atoms. The average molecular weight is 333 g/mol. The largest absolute Gasteiger partial charge is 0.283 e. The van der Waals surface area contributed by atoms with E-state index in [-0.39, 0.29) is 11.3 Å². The predicted molar refractivity (Wildman–Crippen MR) is 92.4 cm³/mol. The third-order valence-corrected chi connectivity index (χ3v) is 4.39. The van der Waals surface area contributed by atoms with Crippen molar-refractivity contribution in [1.82, 2.24) is 19.2 Å². The van der Waals surface area contributed by atoms with Crippen LogP contribution in [0.1, 0.15) is 0 Å². The molecule has 0 atom stereocenters. The molecule has 4 rings (SSSR count). The van der Waals surface area contributed by atoms with Crippen LogP contribution in [0.2, 0.25) is 0 Å². The molecule has 0 bridgehead atoms. The molecule has 4 aromatic rings. The fourth-order valence-electron chi connectivity index (χ4n) is 2.56. The Morgan fingerprint density at radius 3 is 2.62 bits per heavy atom. The molecule has 2 heterocycles. The molecule has 0 amide bonds. The van der Waals surface area contributed by atoms with Crippen LogP contribution >= 0.6 is 11.8 Å². The van der Waals surface area contributed by atoms with Gasteiger partial charge < -0.3 is 0 Å². The Labute approximate surface area is 141 Å². The third-order valence-electron chi connectivity index (χ3n) is 3.59. The maximum absolute atomic E-state index is 12.7. The molecular formula is C17H11N5OS. The minimum atomic E-state index is -0.218. The second-order valence-electron chi connectivity index (χ2n) is 5.05. The highest BCUT2D eigenvalue weighted by Gasteiger charge is 2.17. The summed E-state index contributed by atoms with van der Waals surface area (Å²) in [6, 6.07) is 18.8. The van der Waals surface area contributed by atoms with Crippen LogP contribution in [0.15, 0.2) is 64.5 Å². The summed E-state index contributed by atoms with van der Waals surface area (Å²) in [6.07, 6.45) is 0. The van der Waals surface area contributed by atoms with Crippen LogP contribution in [0.5, 0.6) is 0 Å². The summed E-state index contributed by atoms with van der Waals surface area (Å²) >= 11 is 1.27. The van der Waals surface area contributed by atoms with Crippen LogP contribution in [0.4, 0.5) is 0 Å². The van der Waals surface area contributed by atoms with E-state index in [9.17, 15) is 4.79 Å². The quantitative estimate of drug-likeness (QED) is 0.539. The Morgan fingerprint density at radius 1 is 1.08 bits per heavy atom. The van der Waals surface area contributed by atoms with Crippen LogP contribution in [0.25, 0.3) is 22.4 Å². The molecule has 2 aromatic carbocycles. The number of benzene rings is 2. The number of hydrogen-bond acceptors (Lipinski definition) is 5. The summed E-state index contributed by atoms with van der Waals surface area (Å²) in [4.78, 5) is 17.3. The van der Waals surface area contributed by atoms with E-state index in [1.54, 1.807) is 22.8 Å². The van der Waals surface area contributed by atoms with Crippen molar-refractivity contribution in [1.29, 1.82) is 5.26 Å².